The lowest BCUT2D eigenvalue weighted by Crippen LogP contribution is -2.23. The van der Waals surface area contributed by atoms with E-state index in [1.807, 2.05) is 6.07 Å². The molecule has 0 saturated carbocycles. The van der Waals surface area contributed by atoms with Crippen LogP contribution >= 0.6 is 0 Å². The van der Waals surface area contributed by atoms with Crippen molar-refractivity contribution in [3.8, 4) is 0 Å². The van der Waals surface area contributed by atoms with E-state index in [-0.39, 0.29) is 12.2 Å². The second kappa shape index (κ2) is 5.61. The van der Waals surface area contributed by atoms with Crippen molar-refractivity contribution < 1.29 is 13.9 Å². The first-order valence-corrected chi connectivity index (χ1v) is 4.90. The number of hydrogen-bond acceptors (Lipinski definition) is 2. The zero-order chi connectivity index (χ0) is 11.3. The van der Waals surface area contributed by atoms with Gasteiger partial charge >= 0.3 is 0 Å². The van der Waals surface area contributed by atoms with Gasteiger partial charge in [0.2, 0.25) is 0 Å². The smallest absolute Gasteiger partial charge is 0.165 e. The average molecular weight is 210 g/mol. The number of Topliss-reactive ketones (excluding diaryl/α,β-unsaturated/α-hetero) is 1. The normalized spacial score (nSPS) is 14.6. The van der Waals surface area contributed by atoms with Gasteiger partial charge in [-0.1, -0.05) is 30.3 Å². The Bertz CT molecular complexity index is 311. The van der Waals surface area contributed by atoms with Gasteiger partial charge in [-0.15, -0.1) is 0 Å². The standard InChI is InChI=1S/C12H15FO2/c1-9(15-2)11(13)8-12(14)10-6-4-3-5-7-10/h3-7,9,11H,8H2,1-2H3. The monoisotopic (exact) mass is 210 g/mol. The molecule has 82 valence electrons. The van der Waals surface area contributed by atoms with Crippen LogP contribution in [0.3, 0.4) is 0 Å². The van der Waals surface area contributed by atoms with E-state index < -0.39 is 12.3 Å². The van der Waals surface area contributed by atoms with Crippen LogP contribution in [0.15, 0.2) is 30.3 Å². The van der Waals surface area contributed by atoms with Crippen molar-refractivity contribution in [1.29, 1.82) is 0 Å². The zero-order valence-corrected chi connectivity index (χ0v) is 8.94. The molecule has 2 atom stereocenters. The number of halogens is 1. The van der Waals surface area contributed by atoms with Crippen molar-refractivity contribution in [1.82, 2.24) is 0 Å². The predicted octanol–water partition coefficient (Wildman–Crippen LogP) is 2.63. The summed E-state index contributed by atoms with van der Waals surface area (Å²) in [7, 11) is 1.43. The van der Waals surface area contributed by atoms with Crippen LogP contribution in [0.5, 0.6) is 0 Å². The molecule has 15 heavy (non-hydrogen) atoms. The largest absolute Gasteiger partial charge is 0.379 e. The van der Waals surface area contributed by atoms with Gasteiger partial charge in [0, 0.05) is 19.1 Å². The van der Waals surface area contributed by atoms with Gasteiger partial charge in [0.05, 0.1) is 6.10 Å². The first-order valence-electron chi connectivity index (χ1n) is 4.90. The minimum absolute atomic E-state index is 0.126. The quantitative estimate of drug-likeness (QED) is 0.698. The van der Waals surface area contributed by atoms with Crippen molar-refractivity contribution in [3.05, 3.63) is 35.9 Å². The van der Waals surface area contributed by atoms with Gasteiger partial charge in [-0.05, 0) is 6.92 Å². The minimum atomic E-state index is -1.25. The highest BCUT2D eigenvalue weighted by atomic mass is 19.1. The van der Waals surface area contributed by atoms with E-state index in [9.17, 15) is 9.18 Å². The fourth-order valence-electron chi connectivity index (χ4n) is 1.23. The Hall–Kier alpha value is -1.22. The maximum atomic E-state index is 13.4. The van der Waals surface area contributed by atoms with Crippen LogP contribution in [0.1, 0.15) is 23.7 Å². The van der Waals surface area contributed by atoms with Gasteiger partial charge < -0.3 is 4.74 Å². The van der Waals surface area contributed by atoms with Crippen LogP contribution in [0, 0.1) is 0 Å². The fourth-order valence-corrected chi connectivity index (χ4v) is 1.23. The summed E-state index contributed by atoms with van der Waals surface area (Å²) in [6.45, 7) is 1.61. The molecule has 0 aliphatic rings. The van der Waals surface area contributed by atoms with Gasteiger partial charge in [0.25, 0.3) is 0 Å². The van der Waals surface area contributed by atoms with Gasteiger partial charge in [-0.25, -0.2) is 4.39 Å². The molecule has 2 nitrogen and oxygen atoms in total. The van der Waals surface area contributed by atoms with Crippen molar-refractivity contribution in [2.45, 2.75) is 25.6 Å². The molecule has 0 aliphatic heterocycles. The average Bonchev–Trinajstić information content (AvgIpc) is 2.29. The molecule has 0 fully saturated rings. The molecule has 1 aromatic carbocycles. The Morgan fingerprint density at radius 2 is 2.00 bits per heavy atom. The molecule has 0 aliphatic carbocycles. The molecule has 0 spiro atoms. The van der Waals surface area contributed by atoms with Crippen LogP contribution in [-0.2, 0) is 4.74 Å². The van der Waals surface area contributed by atoms with Gasteiger partial charge in [0.15, 0.2) is 5.78 Å². The third-order valence-electron chi connectivity index (χ3n) is 2.36. The van der Waals surface area contributed by atoms with E-state index in [1.165, 1.54) is 7.11 Å². The number of hydrogen-bond donors (Lipinski definition) is 0. The molecule has 0 saturated heterocycles. The zero-order valence-electron chi connectivity index (χ0n) is 8.94. The number of methoxy groups -OCH3 is 1. The Morgan fingerprint density at radius 1 is 1.40 bits per heavy atom. The minimum Gasteiger partial charge on any atom is -0.379 e. The maximum absolute atomic E-state index is 13.4. The summed E-state index contributed by atoms with van der Waals surface area (Å²) in [4.78, 5) is 11.6. The molecule has 0 N–H and O–H groups in total. The summed E-state index contributed by atoms with van der Waals surface area (Å²) in [6, 6.07) is 8.72. The maximum Gasteiger partial charge on any atom is 0.165 e. The number of benzene rings is 1. The van der Waals surface area contributed by atoms with Crippen molar-refractivity contribution in [3.63, 3.8) is 0 Å². The molecular weight excluding hydrogens is 195 g/mol. The molecule has 2 unspecified atom stereocenters. The van der Waals surface area contributed by atoms with Crippen LogP contribution in [0.2, 0.25) is 0 Å². The number of carbonyl (C=O) groups excluding carboxylic acids is 1. The summed E-state index contributed by atoms with van der Waals surface area (Å²) in [6.07, 6.45) is -1.92. The highest BCUT2D eigenvalue weighted by Crippen LogP contribution is 2.12. The summed E-state index contributed by atoms with van der Waals surface area (Å²) < 4.78 is 18.2. The molecule has 0 amide bonds. The van der Waals surface area contributed by atoms with Crippen LogP contribution in [-0.4, -0.2) is 25.2 Å². The van der Waals surface area contributed by atoms with Crippen LogP contribution in [0.25, 0.3) is 0 Å². The Kier molecular flexibility index (Phi) is 4.43. The molecule has 0 radical (unpaired) electrons. The fraction of sp³-hybridized carbons (Fsp3) is 0.417. The van der Waals surface area contributed by atoms with Crippen molar-refractivity contribution in [2.75, 3.05) is 7.11 Å². The van der Waals surface area contributed by atoms with Crippen molar-refractivity contribution >= 4 is 5.78 Å². The summed E-state index contributed by atoms with van der Waals surface area (Å²) in [5.41, 5.74) is 0.545. The summed E-state index contributed by atoms with van der Waals surface area (Å²) >= 11 is 0. The van der Waals surface area contributed by atoms with Crippen LogP contribution in [0.4, 0.5) is 4.39 Å². The molecular formula is C12H15FO2. The number of rotatable bonds is 5. The highest BCUT2D eigenvalue weighted by Gasteiger charge is 2.20. The lowest BCUT2D eigenvalue weighted by Gasteiger charge is -2.13. The lowest BCUT2D eigenvalue weighted by molar-refractivity contribution is 0.0404. The molecule has 0 heterocycles. The second-order valence-electron chi connectivity index (χ2n) is 3.45. The molecule has 1 rings (SSSR count). The third-order valence-corrected chi connectivity index (χ3v) is 2.36. The molecule has 1 aromatic rings. The Balaban J connectivity index is 2.57. The van der Waals surface area contributed by atoms with E-state index >= 15 is 0 Å². The predicted molar refractivity (Wildman–Crippen MR) is 56.8 cm³/mol. The molecule has 0 aromatic heterocycles. The molecule has 0 bridgehead atoms. The van der Waals surface area contributed by atoms with E-state index in [0.29, 0.717) is 5.56 Å². The number of ketones is 1. The van der Waals surface area contributed by atoms with E-state index in [1.54, 1.807) is 31.2 Å². The molecule has 3 heteroatoms. The first-order chi connectivity index (χ1) is 7.15. The Labute approximate surface area is 89.1 Å². The highest BCUT2D eigenvalue weighted by molar-refractivity contribution is 5.96. The SMILES string of the molecule is COC(C)C(F)CC(=O)c1ccccc1. The van der Waals surface area contributed by atoms with Gasteiger partial charge in [-0.3, -0.25) is 4.79 Å². The lowest BCUT2D eigenvalue weighted by atomic mass is 10.0. The van der Waals surface area contributed by atoms with E-state index in [2.05, 4.69) is 0 Å². The summed E-state index contributed by atoms with van der Waals surface area (Å²) in [5, 5.41) is 0. The van der Waals surface area contributed by atoms with Gasteiger partial charge in [0.1, 0.15) is 6.17 Å². The Morgan fingerprint density at radius 3 is 2.53 bits per heavy atom. The topological polar surface area (TPSA) is 26.3 Å². The summed E-state index contributed by atoms with van der Waals surface area (Å²) in [5.74, 6) is -0.188. The second-order valence-corrected chi connectivity index (χ2v) is 3.45. The number of carbonyl (C=O) groups is 1. The number of ether oxygens (including phenoxy) is 1. The van der Waals surface area contributed by atoms with E-state index in [0.717, 1.165) is 0 Å². The van der Waals surface area contributed by atoms with Gasteiger partial charge in [-0.2, -0.15) is 0 Å². The third kappa shape index (κ3) is 3.44. The number of alkyl halides is 1. The van der Waals surface area contributed by atoms with E-state index in [4.69, 9.17) is 4.74 Å². The first kappa shape index (κ1) is 11.9. The van der Waals surface area contributed by atoms with Crippen LogP contribution < -0.4 is 0 Å². The van der Waals surface area contributed by atoms with Crippen molar-refractivity contribution in [2.24, 2.45) is 0 Å².